The molecule has 0 bridgehead atoms. The zero-order valence-corrected chi connectivity index (χ0v) is 5.60. The molecule has 4 nitrogen and oxygen atoms in total. The summed E-state index contributed by atoms with van der Waals surface area (Å²) in [5.41, 5.74) is 0. The van der Waals surface area contributed by atoms with Crippen LogP contribution in [-0.4, -0.2) is 27.6 Å². The summed E-state index contributed by atoms with van der Waals surface area (Å²) in [6.07, 6.45) is 0.432. The largest absolute Gasteiger partial charge is 0.468 e. The Bertz CT molecular complexity index is 103. The van der Waals surface area contributed by atoms with Crippen LogP contribution in [0.2, 0.25) is 0 Å². The molecule has 0 aromatic heterocycles. The van der Waals surface area contributed by atoms with Gasteiger partial charge in [-0.1, -0.05) is 0 Å². The molecule has 0 amide bonds. The molecule has 9 heavy (non-hydrogen) atoms. The van der Waals surface area contributed by atoms with Crippen molar-refractivity contribution in [2.24, 2.45) is 0 Å². The summed E-state index contributed by atoms with van der Waals surface area (Å²) in [6.45, 7) is 0.538. The van der Waals surface area contributed by atoms with Gasteiger partial charge >= 0.3 is 0 Å². The minimum Gasteiger partial charge on any atom is -0.468 e. The summed E-state index contributed by atoms with van der Waals surface area (Å²) in [4.78, 5) is 9.49. The zero-order valence-electron chi connectivity index (χ0n) is 4.78. The molecule has 1 atom stereocenters. The van der Waals surface area contributed by atoms with Crippen LogP contribution < -0.4 is 0 Å². The number of hydrogen-bond donors (Lipinski definition) is 1. The van der Waals surface area contributed by atoms with Crippen molar-refractivity contribution >= 4 is 17.6 Å². The van der Waals surface area contributed by atoms with Crippen LogP contribution in [0.15, 0.2) is 0 Å². The van der Waals surface area contributed by atoms with Gasteiger partial charge in [-0.25, -0.2) is 4.21 Å². The van der Waals surface area contributed by atoms with Crippen molar-refractivity contribution in [2.75, 3.05) is 12.4 Å². The van der Waals surface area contributed by atoms with Crippen LogP contribution in [0, 0.1) is 0 Å². The van der Waals surface area contributed by atoms with Crippen LogP contribution in [-0.2, 0) is 20.6 Å². The van der Waals surface area contributed by atoms with E-state index >= 15 is 0 Å². The Morgan fingerprint density at radius 1 is 1.67 bits per heavy atom. The summed E-state index contributed by atoms with van der Waals surface area (Å²) in [7, 11) is 0. The van der Waals surface area contributed by atoms with E-state index in [1.54, 1.807) is 0 Å². The summed E-state index contributed by atoms with van der Waals surface area (Å²) in [5, 5.41) is 0. The first-order valence-corrected chi connectivity index (χ1v) is 3.67. The number of hydrogen-bond acceptors (Lipinski definition) is 3. The third kappa shape index (κ3) is 7.58. The quantitative estimate of drug-likeness (QED) is 0.336. The summed E-state index contributed by atoms with van der Waals surface area (Å²) < 4.78 is 22.4. The number of carbonyl (C=O) groups excluding carboxylic acids is 1. The molecular formula is C4H8O4S. The molecule has 0 rings (SSSR count). The summed E-state index contributed by atoms with van der Waals surface area (Å²) >= 11 is -1.76. The highest BCUT2D eigenvalue weighted by molar-refractivity contribution is 7.79. The molecule has 1 N–H and O–H groups in total. The maximum absolute atomic E-state index is 9.93. The molecule has 0 heterocycles. The number of rotatable bonds is 5. The van der Waals surface area contributed by atoms with Crippen molar-refractivity contribution in [3.63, 3.8) is 0 Å². The fourth-order valence-electron chi connectivity index (χ4n) is 0.314. The van der Waals surface area contributed by atoms with Crippen LogP contribution in [0.3, 0.4) is 0 Å². The molecule has 0 aliphatic heterocycles. The second-order valence-electron chi connectivity index (χ2n) is 1.35. The normalized spacial score (nSPS) is 12.6. The summed E-state index contributed by atoms with van der Waals surface area (Å²) in [5.74, 6) is 0.161. The molecule has 0 saturated heterocycles. The lowest BCUT2D eigenvalue weighted by Gasteiger charge is -1.93. The van der Waals surface area contributed by atoms with E-state index in [0.29, 0.717) is 12.9 Å². The van der Waals surface area contributed by atoms with E-state index in [2.05, 4.69) is 4.74 Å². The van der Waals surface area contributed by atoms with Crippen LogP contribution in [0.5, 0.6) is 0 Å². The summed E-state index contributed by atoms with van der Waals surface area (Å²) in [6, 6.07) is 0. The molecule has 0 spiro atoms. The molecular weight excluding hydrogens is 144 g/mol. The number of carbonyl (C=O) groups is 1. The van der Waals surface area contributed by atoms with Gasteiger partial charge in [-0.15, -0.1) is 0 Å². The average Bonchev–Trinajstić information content (AvgIpc) is 1.80. The third-order valence-corrected chi connectivity index (χ3v) is 1.29. The first-order chi connectivity index (χ1) is 4.27. The molecule has 0 aliphatic carbocycles. The molecule has 0 aromatic rings. The van der Waals surface area contributed by atoms with Crippen molar-refractivity contribution in [2.45, 2.75) is 6.42 Å². The smallest absolute Gasteiger partial charge is 0.293 e. The molecule has 0 radical (unpaired) electrons. The Kier molecular flexibility index (Phi) is 5.45. The zero-order chi connectivity index (χ0) is 7.11. The maximum Gasteiger partial charge on any atom is 0.293 e. The Morgan fingerprint density at radius 2 is 2.33 bits per heavy atom. The van der Waals surface area contributed by atoms with Crippen molar-refractivity contribution in [1.82, 2.24) is 0 Å². The van der Waals surface area contributed by atoms with Crippen LogP contribution in [0.25, 0.3) is 0 Å². The van der Waals surface area contributed by atoms with E-state index in [1.165, 1.54) is 0 Å². The highest BCUT2D eigenvalue weighted by atomic mass is 32.2. The van der Waals surface area contributed by atoms with Gasteiger partial charge in [0.1, 0.15) is 0 Å². The minimum atomic E-state index is -1.76. The third-order valence-electron chi connectivity index (χ3n) is 0.649. The van der Waals surface area contributed by atoms with Gasteiger partial charge in [0.2, 0.25) is 0 Å². The molecule has 0 fully saturated rings. The van der Waals surface area contributed by atoms with Gasteiger partial charge in [0.05, 0.1) is 12.4 Å². The lowest BCUT2D eigenvalue weighted by molar-refractivity contribution is -0.128. The lowest BCUT2D eigenvalue weighted by Crippen LogP contribution is -2.00. The van der Waals surface area contributed by atoms with E-state index in [9.17, 15) is 9.00 Å². The fraction of sp³-hybridized carbons (Fsp3) is 0.750. The Balaban J connectivity index is 2.91. The Morgan fingerprint density at radius 3 is 2.78 bits per heavy atom. The van der Waals surface area contributed by atoms with Crippen molar-refractivity contribution in [1.29, 1.82) is 0 Å². The van der Waals surface area contributed by atoms with Crippen molar-refractivity contribution in [3.8, 4) is 0 Å². The molecule has 5 heteroatoms. The average molecular weight is 152 g/mol. The Labute approximate surface area is 55.5 Å². The van der Waals surface area contributed by atoms with E-state index < -0.39 is 11.1 Å². The SMILES string of the molecule is O=COCCCS(=O)O. The van der Waals surface area contributed by atoms with Crippen LogP contribution in [0.4, 0.5) is 0 Å². The highest BCUT2D eigenvalue weighted by Crippen LogP contribution is 1.82. The maximum atomic E-state index is 9.93. The molecule has 1 unspecified atom stereocenters. The second-order valence-corrected chi connectivity index (χ2v) is 2.40. The minimum absolute atomic E-state index is 0.161. The van der Waals surface area contributed by atoms with E-state index in [0.717, 1.165) is 0 Å². The molecule has 0 saturated carbocycles. The molecule has 0 aliphatic rings. The predicted octanol–water partition coefficient (Wildman–Crippen LogP) is -0.229. The van der Waals surface area contributed by atoms with Crippen molar-refractivity contribution < 1.29 is 18.3 Å². The van der Waals surface area contributed by atoms with E-state index in [1.807, 2.05) is 0 Å². The van der Waals surface area contributed by atoms with Gasteiger partial charge < -0.3 is 9.29 Å². The van der Waals surface area contributed by atoms with Gasteiger partial charge in [0, 0.05) is 0 Å². The van der Waals surface area contributed by atoms with E-state index in [4.69, 9.17) is 4.55 Å². The number of ether oxygens (including phenoxy) is 1. The predicted molar refractivity (Wildman–Crippen MR) is 32.3 cm³/mol. The van der Waals surface area contributed by atoms with Crippen LogP contribution >= 0.6 is 0 Å². The van der Waals surface area contributed by atoms with Gasteiger partial charge in [0.25, 0.3) is 6.47 Å². The standard InChI is InChI=1S/C4H8O4S/c5-4-8-2-1-3-9(6)7/h4H,1-3H2,(H,6,7). The monoisotopic (exact) mass is 152 g/mol. The van der Waals surface area contributed by atoms with Gasteiger partial charge in [-0.3, -0.25) is 4.79 Å². The van der Waals surface area contributed by atoms with Crippen molar-refractivity contribution in [3.05, 3.63) is 0 Å². The highest BCUT2D eigenvalue weighted by Gasteiger charge is 1.91. The van der Waals surface area contributed by atoms with Gasteiger partial charge in [0.15, 0.2) is 11.1 Å². The molecule has 0 aromatic carbocycles. The molecule has 54 valence electrons. The van der Waals surface area contributed by atoms with Crippen LogP contribution in [0.1, 0.15) is 6.42 Å². The second kappa shape index (κ2) is 5.71. The van der Waals surface area contributed by atoms with Gasteiger partial charge in [-0.05, 0) is 6.42 Å². The topological polar surface area (TPSA) is 63.6 Å². The lowest BCUT2D eigenvalue weighted by atomic mass is 10.5. The van der Waals surface area contributed by atoms with E-state index in [-0.39, 0.29) is 12.4 Å². The van der Waals surface area contributed by atoms with Gasteiger partial charge in [-0.2, -0.15) is 0 Å². The Hall–Kier alpha value is -0.420. The fourth-order valence-corrected chi connectivity index (χ4v) is 0.679. The first-order valence-electron chi connectivity index (χ1n) is 2.40. The first kappa shape index (κ1) is 8.58.